The molecule has 1 N–H and O–H groups in total. The molecule has 0 saturated carbocycles. The Morgan fingerprint density at radius 2 is 1.95 bits per heavy atom. The molecular weight excluding hydrogens is 314 g/mol. The number of halogens is 1. The number of benzene rings is 1. The molecule has 21 heavy (non-hydrogen) atoms. The molecule has 0 bridgehead atoms. The molecule has 0 unspecified atom stereocenters. The number of anilines is 1. The van der Waals surface area contributed by atoms with E-state index >= 15 is 0 Å². The molecule has 0 atom stereocenters. The Kier molecular flexibility index (Phi) is 4.24. The second kappa shape index (κ2) is 5.79. The monoisotopic (exact) mass is 325 g/mol. The molecule has 2 aromatic rings. The topological polar surface area (TPSA) is 89.0 Å². The van der Waals surface area contributed by atoms with Crippen molar-refractivity contribution in [2.75, 3.05) is 11.6 Å². The van der Waals surface area contributed by atoms with Crippen molar-refractivity contribution in [3.05, 3.63) is 46.7 Å². The Bertz CT molecular complexity index is 786. The Hall–Kier alpha value is -1.99. The van der Waals surface area contributed by atoms with Crippen molar-refractivity contribution in [1.82, 2.24) is 9.97 Å². The number of aromatic nitrogens is 2. The van der Waals surface area contributed by atoms with Crippen molar-refractivity contribution in [2.24, 2.45) is 0 Å². The number of nitrogens with one attached hydrogen (secondary N) is 1. The first-order valence-electron chi connectivity index (χ1n) is 5.88. The zero-order valence-corrected chi connectivity index (χ0v) is 12.9. The minimum absolute atomic E-state index is 0.0646. The highest BCUT2D eigenvalue weighted by Crippen LogP contribution is 2.14. The van der Waals surface area contributed by atoms with E-state index in [4.69, 9.17) is 11.6 Å². The van der Waals surface area contributed by atoms with Crippen LogP contribution in [0.25, 0.3) is 0 Å². The number of amides is 1. The van der Waals surface area contributed by atoms with Crippen LogP contribution < -0.4 is 5.32 Å². The molecule has 0 fully saturated rings. The van der Waals surface area contributed by atoms with Gasteiger partial charge in [0.1, 0.15) is 5.15 Å². The van der Waals surface area contributed by atoms with Crippen LogP contribution >= 0.6 is 11.6 Å². The van der Waals surface area contributed by atoms with Gasteiger partial charge in [-0.3, -0.25) is 10.1 Å². The van der Waals surface area contributed by atoms with Crippen LogP contribution in [0.1, 0.15) is 16.1 Å². The molecule has 1 aromatic heterocycles. The molecule has 8 heteroatoms. The number of hydrogen-bond acceptors (Lipinski definition) is 5. The van der Waals surface area contributed by atoms with Gasteiger partial charge in [0.25, 0.3) is 5.91 Å². The molecule has 110 valence electrons. The maximum Gasteiger partial charge on any atom is 0.258 e. The van der Waals surface area contributed by atoms with E-state index in [1.807, 2.05) is 0 Å². The number of nitrogens with zero attached hydrogens (tertiary/aromatic N) is 2. The maximum atomic E-state index is 12.1. The zero-order chi connectivity index (χ0) is 15.6. The fraction of sp³-hybridized carbons (Fsp3) is 0.154. The quantitative estimate of drug-likeness (QED) is 0.873. The van der Waals surface area contributed by atoms with Gasteiger partial charge in [0.15, 0.2) is 9.84 Å². The van der Waals surface area contributed by atoms with E-state index < -0.39 is 15.7 Å². The molecule has 0 aliphatic rings. The second-order valence-corrected chi connectivity index (χ2v) is 6.81. The minimum Gasteiger partial charge on any atom is -0.290 e. The molecule has 0 aliphatic carbocycles. The van der Waals surface area contributed by atoms with E-state index in [9.17, 15) is 13.2 Å². The number of hydrogen-bond donors (Lipinski definition) is 1. The van der Waals surface area contributed by atoms with Crippen molar-refractivity contribution >= 4 is 33.3 Å². The summed E-state index contributed by atoms with van der Waals surface area (Å²) in [6.45, 7) is 1.72. The largest absolute Gasteiger partial charge is 0.290 e. The summed E-state index contributed by atoms with van der Waals surface area (Å²) in [5.74, 6) is -0.447. The predicted molar refractivity (Wildman–Crippen MR) is 79.3 cm³/mol. The van der Waals surface area contributed by atoms with E-state index in [0.29, 0.717) is 5.69 Å². The van der Waals surface area contributed by atoms with E-state index in [1.54, 1.807) is 13.0 Å². The minimum atomic E-state index is -3.38. The van der Waals surface area contributed by atoms with Crippen LogP contribution in [-0.2, 0) is 9.84 Å². The Morgan fingerprint density at radius 3 is 2.57 bits per heavy atom. The Balaban J connectivity index is 2.28. The van der Waals surface area contributed by atoms with Gasteiger partial charge in [0.05, 0.1) is 4.90 Å². The van der Waals surface area contributed by atoms with Gasteiger partial charge in [0.2, 0.25) is 5.95 Å². The van der Waals surface area contributed by atoms with Gasteiger partial charge in [-0.05, 0) is 31.2 Å². The van der Waals surface area contributed by atoms with Gasteiger partial charge in [-0.2, -0.15) is 0 Å². The van der Waals surface area contributed by atoms with Gasteiger partial charge in [0, 0.05) is 17.5 Å². The lowest BCUT2D eigenvalue weighted by molar-refractivity contribution is 0.102. The molecule has 1 aromatic carbocycles. The lowest BCUT2D eigenvalue weighted by Crippen LogP contribution is -2.15. The average molecular weight is 326 g/mol. The molecule has 0 saturated heterocycles. The van der Waals surface area contributed by atoms with E-state index in [-0.39, 0.29) is 21.6 Å². The zero-order valence-electron chi connectivity index (χ0n) is 11.3. The van der Waals surface area contributed by atoms with Crippen molar-refractivity contribution < 1.29 is 13.2 Å². The molecule has 1 heterocycles. The maximum absolute atomic E-state index is 12.1. The third-order valence-corrected chi connectivity index (χ3v) is 3.88. The third kappa shape index (κ3) is 3.99. The smallest absolute Gasteiger partial charge is 0.258 e. The van der Waals surface area contributed by atoms with Gasteiger partial charge in [-0.1, -0.05) is 17.7 Å². The van der Waals surface area contributed by atoms with Crippen LogP contribution in [0.15, 0.2) is 35.2 Å². The fourth-order valence-electron chi connectivity index (χ4n) is 1.63. The summed E-state index contributed by atoms with van der Waals surface area (Å²) >= 11 is 5.78. The fourth-order valence-corrected chi connectivity index (χ4v) is 2.53. The Morgan fingerprint density at radius 1 is 1.24 bits per heavy atom. The lowest BCUT2D eigenvalue weighted by atomic mass is 10.2. The molecule has 0 radical (unpaired) electrons. The summed E-state index contributed by atoms with van der Waals surface area (Å²) in [5, 5.41) is 2.69. The van der Waals surface area contributed by atoms with Crippen molar-refractivity contribution in [3.63, 3.8) is 0 Å². The second-order valence-electron chi connectivity index (χ2n) is 4.41. The van der Waals surface area contributed by atoms with Crippen molar-refractivity contribution in [2.45, 2.75) is 11.8 Å². The summed E-state index contributed by atoms with van der Waals surface area (Å²) in [5.41, 5.74) is 0.800. The number of carbonyl (C=O) groups is 1. The van der Waals surface area contributed by atoms with Gasteiger partial charge >= 0.3 is 0 Å². The highest BCUT2D eigenvalue weighted by Gasteiger charge is 2.13. The van der Waals surface area contributed by atoms with Crippen LogP contribution in [0.4, 0.5) is 5.95 Å². The first-order chi connectivity index (χ1) is 9.75. The van der Waals surface area contributed by atoms with E-state index in [2.05, 4.69) is 15.3 Å². The first kappa shape index (κ1) is 15.4. The summed E-state index contributed by atoms with van der Waals surface area (Å²) in [7, 11) is -3.38. The lowest BCUT2D eigenvalue weighted by Gasteiger charge is -2.06. The van der Waals surface area contributed by atoms with Crippen LogP contribution in [-0.4, -0.2) is 30.5 Å². The number of carbonyl (C=O) groups excluding carboxylic acids is 1. The van der Waals surface area contributed by atoms with Crippen LogP contribution in [0.3, 0.4) is 0 Å². The molecule has 1 amide bonds. The summed E-state index contributed by atoms with van der Waals surface area (Å²) in [6.07, 6.45) is 1.08. The summed E-state index contributed by atoms with van der Waals surface area (Å²) in [4.78, 5) is 20.1. The van der Waals surface area contributed by atoms with E-state index in [1.165, 1.54) is 24.3 Å². The predicted octanol–water partition coefficient (Wildman–Crippen LogP) is 2.09. The SMILES string of the molecule is Cc1cc(Cl)nc(NC(=O)c2cccc(S(C)(=O)=O)c2)n1. The number of rotatable bonds is 3. The third-order valence-electron chi connectivity index (χ3n) is 2.57. The van der Waals surface area contributed by atoms with Crippen molar-refractivity contribution in [3.8, 4) is 0 Å². The van der Waals surface area contributed by atoms with E-state index in [0.717, 1.165) is 6.26 Å². The van der Waals surface area contributed by atoms with Crippen molar-refractivity contribution in [1.29, 1.82) is 0 Å². The molecule has 6 nitrogen and oxygen atoms in total. The van der Waals surface area contributed by atoms with Gasteiger partial charge in [-0.25, -0.2) is 18.4 Å². The number of aryl methyl sites for hydroxylation is 1. The molecule has 0 spiro atoms. The van der Waals surface area contributed by atoms with Crippen LogP contribution in [0.2, 0.25) is 5.15 Å². The highest BCUT2D eigenvalue weighted by molar-refractivity contribution is 7.90. The highest BCUT2D eigenvalue weighted by atomic mass is 35.5. The van der Waals surface area contributed by atoms with Crippen LogP contribution in [0.5, 0.6) is 0 Å². The normalized spacial score (nSPS) is 11.2. The number of sulfone groups is 1. The molecule has 2 rings (SSSR count). The van der Waals surface area contributed by atoms with Gasteiger partial charge < -0.3 is 0 Å². The molecular formula is C13H12ClN3O3S. The van der Waals surface area contributed by atoms with Gasteiger partial charge in [-0.15, -0.1) is 0 Å². The average Bonchev–Trinajstić information content (AvgIpc) is 2.36. The summed E-state index contributed by atoms with van der Waals surface area (Å²) < 4.78 is 23.0. The van der Waals surface area contributed by atoms with Crippen LogP contribution in [0, 0.1) is 6.92 Å². The standard InChI is InChI=1S/C13H12ClN3O3S/c1-8-6-11(14)16-13(15-8)17-12(18)9-4-3-5-10(7-9)21(2,19)20/h3-7H,1-2H3,(H,15,16,17,18). The Labute approximate surface area is 127 Å². The summed E-state index contributed by atoms with van der Waals surface area (Å²) in [6, 6.07) is 7.27. The molecule has 0 aliphatic heterocycles. The first-order valence-corrected chi connectivity index (χ1v) is 8.15.